The molecule has 4 nitrogen and oxygen atoms in total. The van der Waals surface area contributed by atoms with Crippen molar-refractivity contribution >= 4 is 5.69 Å². The molecule has 0 aliphatic heterocycles. The van der Waals surface area contributed by atoms with Crippen molar-refractivity contribution in [2.24, 2.45) is 11.8 Å². The first-order valence-electron chi connectivity index (χ1n) is 6.97. The molecule has 1 N–H and O–H groups in total. The molecule has 19 heavy (non-hydrogen) atoms. The number of nitro groups is 1. The average Bonchev–Trinajstić information content (AvgIpc) is 3.20. The van der Waals surface area contributed by atoms with Gasteiger partial charge in [-0.15, -0.1) is 0 Å². The summed E-state index contributed by atoms with van der Waals surface area (Å²) in [6, 6.07) is 5.65. The molecule has 0 aromatic heterocycles. The predicted molar refractivity (Wildman–Crippen MR) is 76.1 cm³/mol. The van der Waals surface area contributed by atoms with Crippen molar-refractivity contribution in [1.82, 2.24) is 5.32 Å². The van der Waals surface area contributed by atoms with Crippen LogP contribution in [0.4, 0.5) is 5.69 Å². The van der Waals surface area contributed by atoms with Crippen LogP contribution in [0, 0.1) is 28.9 Å². The summed E-state index contributed by atoms with van der Waals surface area (Å²) in [7, 11) is 0. The van der Waals surface area contributed by atoms with E-state index in [1.807, 2.05) is 12.1 Å². The van der Waals surface area contributed by atoms with Crippen LogP contribution in [0.15, 0.2) is 18.2 Å². The lowest BCUT2D eigenvalue weighted by Crippen LogP contribution is -2.25. The number of hydrogen-bond acceptors (Lipinski definition) is 3. The van der Waals surface area contributed by atoms with Gasteiger partial charge >= 0.3 is 0 Å². The zero-order valence-electron chi connectivity index (χ0n) is 11.8. The van der Waals surface area contributed by atoms with Crippen LogP contribution in [0.5, 0.6) is 0 Å². The van der Waals surface area contributed by atoms with Crippen LogP contribution in [0.25, 0.3) is 0 Å². The fourth-order valence-corrected chi connectivity index (χ4v) is 2.40. The summed E-state index contributed by atoms with van der Waals surface area (Å²) in [6.45, 7) is 7.09. The highest BCUT2D eigenvalue weighted by atomic mass is 16.6. The lowest BCUT2D eigenvalue weighted by molar-refractivity contribution is -0.385. The van der Waals surface area contributed by atoms with Gasteiger partial charge < -0.3 is 5.32 Å². The van der Waals surface area contributed by atoms with Crippen molar-refractivity contribution < 1.29 is 4.92 Å². The van der Waals surface area contributed by atoms with E-state index in [9.17, 15) is 10.1 Å². The Morgan fingerprint density at radius 3 is 2.68 bits per heavy atom. The molecule has 1 saturated carbocycles. The molecule has 2 rings (SSSR count). The number of nitro benzene ring substituents is 1. The summed E-state index contributed by atoms with van der Waals surface area (Å²) < 4.78 is 0. The van der Waals surface area contributed by atoms with E-state index in [0.29, 0.717) is 11.5 Å². The number of nitrogens with one attached hydrogen (secondary N) is 1. The van der Waals surface area contributed by atoms with E-state index in [0.717, 1.165) is 18.0 Å². The van der Waals surface area contributed by atoms with Crippen LogP contribution < -0.4 is 5.32 Å². The van der Waals surface area contributed by atoms with Gasteiger partial charge in [0.05, 0.1) is 4.92 Å². The number of benzene rings is 1. The van der Waals surface area contributed by atoms with Gasteiger partial charge in [0.2, 0.25) is 0 Å². The topological polar surface area (TPSA) is 55.2 Å². The van der Waals surface area contributed by atoms with Crippen molar-refractivity contribution in [3.63, 3.8) is 0 Å². The predicted octanol–water partition coefficient (Wildman–Crippen LogP) is 3.60. The molecule has 1 aromatic rings. The van der Waals surface area contributed by atoms with E-state index >= 15 is 0 Å². The van der Waals surface area contributed by atoms with E-state index in [4.69, 9.17) is 0 Å². The highest BCUT2D eigenvalue weighted by Gasteiger charge is 2.27. The van der Waals surface area contributed by atoms with Gasteiger partial charge in [-0.1, -0.05) is 19.1 Å². The molecule has 1 fully saturated rings. The van der Waals surface area contributed by atoms with E-state index in [1.165, 1.54) is 12.8 Å². The summed E-state index contributed by atoms with van der Waals surface area (Å²) in [5.74, 6) is 1.58. The number of aryl methyl sites for hydroxylation is 1. The zero-order chi connectivity index (χ0) is 14.0. The summed E-state index contributed by atoms with van der Waals surface area (Å²) >= 11 is 0. The Morgan fingerprint density at radius 1 is 1.42 bits per heavy atom. The van der Waals surface area contributed by atoms with Gasteiger partial charge in [-0.3, -0.25) is 10.1 Å². The van der Waals surface area contributed by atoms with Crippen molar-refractivity contribution in [2.75, 3.05) is 6.54 Å². The first kappa shape index (κ1) is 14.0. The second-order valence-corrected chi connectivity index (χ2v) is 5.75. The average molecular weight is 262 g/mol. The normalized spacial score (nSPS) is 18.1. The Labute approximate surface area is 114 Å². The standard InChI is InChI=1S/C15H22N2O2/c1-10-4-5-14(8-15(10)17(18)19)12(3)16-9-11(2)13-6-7-13/h4-5,8,11-13,16H,6-7,9H2,1-3H3. The quantitative estimate of drug-likeness (QED) is 0.629. The van der Waals surface area contributed by atoms with Crippen LogP contribution in [0.2, 0.25) is 0 Å². The molecule has 0 amide bonds. The minimum Gasteiger partial charge on any atom is -0.310 e. The largest absolute Gasteiger partial charge is 0.310 e. The Hall–Kier alpha value is -1.42. The molecule has 1 aliphatic rings. The van der Waals surface area contributed by atoms with Gasteiger partial charge in [0.1, 0.15) is 0 Å². The Morgan fingerprint density at radius 2 is 2.11 bits per heavy atom. The minimum atomic E-state index is -0.307. The molecular formula is C15H22N2O2. The van der Waals surface area contributed by atoms with Crippen LogP contribution >= 0.6 is 0 Å². The third-order valence-corrected chi connectivity index (χ3v) is 4.10. The lowest BCUT2D eigenvalue weighted by Gasteiger charge is -2.18. The van der Waals surface area contributed by atoms with Crippen molar-refractivity contribution in [3.8, 4) is 0 Å². The number of hydrogen-bond donors (Lipinski definition) is 1. The smallest absolute Gasteiger partial charge is 0.272 e. The molecule has 1 aromatic carbocycles. The molecule has 0 heterocycles. The van der Waals surface area contributed by atoms with Gasteiger partial charge in [-0.2, -0.15) is 0 Å². The zero-order valence-corrected chi connectivity index (χ0v) is 11.8. The molecule has 104 valence electrons. The molecule has 0 bridgehead atoms. The Bertz CT molecular complexity index is 469. The Kier molecular flexibility index (Phi) is 4.20. The number of nitrogens with zero attached hydrogens (tertiary/aromatic N) is 1. The van der Waals surface area contributed by atoms with Crippen molar-refractivity contribution in [1.29, 1.82) is 0 Å². The first-order valence-corrected chi connectivity index (χ1v) is 6.97. The van der Waals surface area contributed by atoms with Crippen LogP contribution in [-0.2, 0) is 0 Å². The summed E-state index contributed by atoms with van der Waals surface area (Å²) in [5.41, 5.74) is 1.91. The SMILES string of the molecule is Cc1ccc(C(C)NCC(C)C2CC2)cc1[N+](=O)[O-]. The monoisotopic (exact) mass is 262 g/mol. The van der Waals surface area contributed by atoms with Crippen molar-refractivity contribution in [3.05, 3.63) is 39.4 Å². The molecule has 2 atom stereocenters. The molecular weight excluding hydrogens is 240 g/mol. The molecule has 0 spiro atoms. The fraction of sp³-hybridized carbons (Fsp3) is 0.600. The second kappa shape index (κ2) is 5.70. The van der Waals surface area contributed by atoms with Gasteiger partial charge in [0, 0.05) is 17.7 Å². The third kappa shape index (κ3) is 3.53. The maximum absolute atomic E-state index is 10.9. The maximum Gasteiger partial charge on any atom is 0.272 e. The number of rotatable bonds is 6. The van der Waals surface area contributed by atoms with Gasteiger partial charge in [-0.25, -0.2) is 0 Å². The maximum atomic E-state index is 10.9. The van der Waals surface area contributed by atoms with E-state index in [1.54, 1.807) is 13.0 Å². The summed E-state index contributed by atoms with van der Waals surface area (Å²) in [4.78, 5) is 10.6. The fourth-order valence-electron chi connectivity index (χ4n) is 2.40. The van der Waals surface area contributed by atoms with Gasteiger partial charge in [0.25, 0.3) is 5.69 Å². The molecule has 0 radical (unpaired) electrons. The molecule has 4 heteroatoms. The van der Waals surface area contributed by atoms with Crippen LogP contribution in [0.3, 0.4) is 0 Å². The van der Waals surface area contributed by atoms with Crippen LogP contribution in [-0.4, -0.2) is 11.5 Å². The minimum absolute atomic E-state index is 0.153. The third-order valence-electron chi connectivity index (χ3n) is 4.10. The summed E-state index contributed by atoms with van der Waals surface area (Å²) in [6.07, 6.45) is 2.71. The molecule has 2 unspecified atom stereocenters. The van der Waals surface area contributed by atoms with Gasteiger partial charge in [-0.05, 0) is 50.6 Å². The van der Waals surface area contributed by atoms with Crippen molar-refractivity contribution in [2.45, 2.75) is 39.7 Å². The lowest BCUT2D eigenvalue weighted by atomic mass is 10.0. The van der Waals surface area contributed by atoms with E-state index in [2.05, 4.69) is 19.2 Å². The highest BCUT2D eigenvalue weighted by molar-refractivity contribution is 5.43. The van der Waals surface area contributed by atoms with E-state index < -0.39 is 0 Å². The molecule has 1 aliphatic carbocycles. The second-order valence-electron chi connectivity index (χ2n) is 5.75. The highest BCUT2D eigenvalue weighted by Crippen LogP contribution is 2.36. The molecule has 0 saturated heterocycles. The summed E-state index contributed by atoms with van der Waals surface area (Å²) in [5, 5.41) is 14.4. The van der Waals surface area contributed by atoms with Gasteiger partial charge in [0.15, 0.2) is 0 Å². The first-order chi connectivity index (χ1) is 8.99. The van der Waals surface area contributed by atoms with E-state index in [-0.39, 0.29) is 16.7 Å². The van der Waals surface area contributed by atoms with Crippen LogP contribution in [0.1, 0.15) is 43.9 Å². The Balaban J connectivity index is 1.99.